The maximum absolute atomic E-state index is 7.94. The fraction of sp³-hybridized carbons (Fsp3) is 1.00. The second-order valence-corrected chi connectivity index (χ2v) is 0.716. The predicted octanol–water partition coefficient (Wildman–Crippen LogP) is -1.20. The van der Waals surface area contributed by atoms with Crippen molar-refractivity contribution in [1.82, 2.24) is 0 Å². The Bertz CT molecular complexity index is 13.5. The molecule has 0 aliphatic rings. The van der Waals surface area contributed by atoms with Crippen LogP contribution in [0.2, 0.25) is 0 Å². The highest BCUT2D eigenvalue weighted by molar-refractivity contribution is 4.12. The van der Waals surface area contributed by atoms with Crippen molar-refractivity contribution in [3.05, 3.63) is 0 Å². The van der Waals surface area contributed by atoms with E-state index >= 15 is 0 Å². The molecular weight excluding hydrogens is 84.0 g/mol. The van der Waals surface area contributed by atoms with Crippen LogP contribution in [0.1, 0.15) is 0 Å². The third-order valence-electron chi connectivity index (χ3n) is 0.295. The van der Waals surface area contributed by atoms with Crippen LogP contribution in [0.5, 0.6) is 0 Å². The highest BCUT2D eigenvalue weighted by Crippen LogP contribution is 1.56. The van der Waals surface area contributed by atoms with Crippen molar-refractivity contribution in [2.75, 3.05) is 20.3 Å². The zero-order chi connectivity index (χ0) is 4.12. The minimum atomic E-state index is 0. The van der Waals surface area contributed by atoms with Gasteiger partial charge in [0.25, 0.3) is 0 Å². The first-order valence-electron chi connectivity index (χ1n) is 1.51. The van der Waals surface area contributed by atoms with Gasteiger partial charge in [0.2, 0.25) is 0 Å². The quantitative estimate of drug-likeness (QED) is 0.467. The Hall–Kier alpha value is -0.120. The van der Waals surface area contributed by atoms with Crippen LogP contribution >= 0.6 is 0 Å². The molecule has 0 saturated carbocycles. The molecule has 0 bridgehead atoms. The summed E-state index contributed by atoms with van der Waals surface area (Å²) < 4.78 is 4.44. The largest absolute Gasteiger partial charge is 0.412 e. The molecule has 0 heterocycles. The summed E-state index contributed by atoms with van der Waals surface area (Å²) in [5.74, 6) is 0. The fourth-order valence-corrected chi connectivity index (χ4v) is 0.0913. The van der Waals surface area contributed by atoms with E-state index < -0.39 is 0 Å². The molecule has 0 aromatic carbocycles. The number of rotatable bonds is 2. The lowest BCUT2D eigenvalue weighted by molar-refractivity contribution is 0.135. The molecule has 0 aliphatic heterocycles. The Balaban J connectivity index is 0. The monoisotopic (exact) mass is 94.1 g/mol. The van der Waals surface area contributed by atoms with E-state index in [1.54, 1.807) is 7.11 Å². The second-order valence-electron chi connectivity index (χ2n) is 0.716. The molecular formula is C3H10O3. The van der Waals surface area contributed by atoms with Crippen LogP contribution in [0.25, 0.3) is 0 Å². The highest BCUT2D eigenvalue weighted by atomic mass is 16.5. The molecule has 3 nitrogen and oxygen atoms in total. The average Bonchev–Trinajstić information content (AvgIpc) is 1.41. The van der Waals surface area contributed by atoms with E-state index in [9.17, 15) is 0 Å². The van der Waals surface area contributed by atoms with Gasteiger partial charge in [-0.05, 0) is 0 Å². The molecule has 0 fully saturated rings. The van der Waals surface area contributed by atoms with E-state index in [1.807, 2.05) is 0 Å². The number of hydrogen-bond donors (Lipinski definition) is 1. The molecule has 6 heavy (non-hydrogen) atoms. The van der Waals surface area contributed by atoms with Crippen LogP contribution < -0.4 is 0 Å². The first kappa shape index (κ1) is 9.30. The zero-order valence-corrected chi connectivity index (χ0v) is 3.77. The summed E-state index contributed by atoms with van der Waals surface area (Å²) in [5, 5.41) is 7.94. The molecule has 0 spiro atoms. The van der Waals surface area contributed by atoms with Crippen LogP contribution in [0.3, 0.4) is 0 Å². The molecule has 0 rings (SSSR count). The van der Waals surface area contributed by atoms with Crippen molar-refractivity contribution in [2.24, 2.45) is 0 Å². The van der Waals surface area contributed by atoms with Gasteiger partial charge in [0.15, 0.2) is 0 Å². The molecule has 0 atom stereocenters. The highest BCUT2D eigenvalue weighted by Gasteiger charge is 1.67. The maximum atomic E-state index is 7.94. The summed E-state index contributed by atoms with van der Waals surface area (Å²) in [6, 6.07) is 0. The van der Waals surface area contributed by atoms with Gasteiger partial charge in [0.1, 0.15) is 0 Å². The molecule has 0 aliphatic carbocycles. The van der Waals surface area contributed by atoms with E-state index in [0.29, 0.717) is 6.61 Å². The SMILES string of the molecule is COCCO.O. The lowest BCUT2D eigenvalue weighted by Gasteiger charge is -1.84. The van der Waals surface area contributed by atoms with E-state index in [-0.39, 0.29) is 12.1 Å². The number of aliphatic hydroxyl groups is 1. The number of methoxy groups -OCH3 is 1. The number of hydrogen-bond acceptors (Lipinski definition) is 2. The molecule has 3 N–H and O–H groups in total. The summed E-state index contributed by atoms with van der Waals surface area (Å²) in [6.07, 6.45) is 0. The molecule has 0 aromatic rings. The summed E-state index contributed by atoms with van der Waals surface area (Å²) in [5.41, 5.74) is 0. The van der Waals surface area contributed by atoms with Gasteiger partial charge in [-0.1, -0.05) is 0 Å². The van der Waals surface area contributed by atoms with Gasteiger partial charge < -0.3 is 15.3 Å². The molecule has 0 amide bonds. The Labute approximate surface area is 36.9 Å². The van der Waals surface area contributed by atoms with Gasteiger partial charge in [-0.3, -0.25) is 0 Å². The first-order chi connectivity index (χ1) is 2.41. The van der Waals surface area contributed by atoms with Gasteiger partial charge in [0.05, 0.1) is 13.2 Å². The summed E-state index contributed by atoms with van der Waals surface area (Å²) in [4.78, 5) is 0. The van der Waals surface area contributed by atoms with Gasteiger partial charge in [-0.15, -0.1) is 0 Å². The summed E-state index contributed by atoms with van der Waals surface area (Å²) >= 11 is 0. The lowest BCUT2D eigenvalue weighted by atomic mass is 10.8. The smallest absolute Gasteiger partial charge is 0.0693 e. The zero-order valence-electron chi connectivity index (χ0n) is 3.77. The Morgan fingerprint density at radius 2 is 2.17 bits per heavy atom. The topological polar surface area (TPSA) is 61.0 Å². The van der Waals surface area contributed by atoms with Crippen molar-refractivity contribution < 1.29 is 15.3 Å². The second kappa shape index (κ2) is 8.86. The number of aliphatic hydroxyl groups excluding tert-OH is 1. The van der Waals surface area contributed by atoms with Crippen LogP contribution in [-0.4, -0.2) is 30.9 Å². The van der Waals surface area contributed by atoms with Crippen LogP contribution in [0.15, 0.2) is 0 Å². The minimum absolute atomic E-state index is 0. The van der Waals surface area contributed by atoms with Crippen molar-refractivity contribution in [1.29, 1.82) is 0 Å². The normalized spacial score (nSPS) is 7.00. The Kier molecular flexibility index (Phi) is 13.7. The van der Waals surface area contributed by atoms with Gasteiger partial charge >= 0.3 is 0 Å². The van der Waals surface area contributed by atoms with Crippen molar-refractivity contribution >= 4 is 0 Å². The Morgan fingerprint density at radius 3 is 2.17 bits per heavy atom. The predicted molar refractivity (Wildman–Crippen MR) is 22.6 cm³/mol. The van der Waals surface area contributed by atoms with Crippen molar-refractivity contribution in [3.8, 4) is 0 Å². The minimum Gasteiger partial charge on any atom is -0.412 e. The first-order valence-corrected chi connectivity index (χ1v) is 1.51. The van der Waals surface area contributed by atoms with Crippen LogP contribution in [0, 0.1) is 0 Å². The molecule has 0 unspecified atom stereocenters. The molecule has 0 aromatic heterocycles. The van der Waals surface area contributed by atoms with E-state index in [1.165, 1.54) is 0 Å². The molecule has 0 radical (unpaired) electrons. The molecule has 40 valence electrons. The van der Waals surface area contributed by atoms with E-state index in [0.717, 1.165) is 0 Å². The van der Waals surface area contributed by atoms with Crippen LogP contribution in [-0.2, 0) is 4.74 Å². The maximum Gasteiger partial charge on any atom is 0.0693 e. The van der Waals surface area contributed by atoms with E-state index in [4.69, 9.17) is 5.11 Å². The van der Waals surface area contributed by atoms with Gasteiger partial charge in [0, 0.05) is 7.11 Å². The van der Waals surface area contributed by atoms with Gasteiger partial charge in [-0.25, -0.2) is 0 Å². The molecule has 0 saturated heterocycles. The van der Waals surface area contributed by atoms with Crippen LogP contribution in [0.4, 0.5) is 0 Å². The molecule has 3 heteroatoms. The Morgan fingerprint density at radius 1 is 1.67 bits per heavy atom. The van der Waals surface area contributed by atoms with Gasteiger partial charge in [-0.2, -0.15) is 0 Å². The number of ether oxygens (including phenoxy) is 1. The van der Waals surface area contributed by atoms with Crippen molar-refractivity contribution in [2.45, 2.75) is 0 Å². The van der Waals surface area contributed by atoms with Crippen molar-refractivity contribution in [3.63, 3.8) is 0 Å². The third-order valence-corrected chi connectivity index (χ3v) is 0.295. The van der Waals surface area contributed by atoms with E-state index in [2.05, 4.69) is 4.74 Å². The summed E-state index contributed by atoms with van der Waals surface area (Å²) in [7, 11) is 1.55. The summed E-state index contributed by atoms with van der Waals surface area (Å²) in [6.45, 7) is 0.566. The lowest BCUT2D eigenvalue weighted by Crippen LogP contribution is -1.91. The average molecular weight is 94.1 g/mol. The third kappa shape index (κ3) is 9.11. The standard InChI is InChI=1S/C3H8O2.H2O/c1-5-3-2-4;/h4H,2-3H2,1H3;1H2. The fourth-order valence-electron chi connectivity index (χ4n) is 0.0913.